The summed E-state index contributed by atoms with van der Waals surface area (Å²) in [5.41, 5.74) is 0.940. The molecule has 18 heavy (non-hydrogen) atoms. The summed E-state index contributed by atoms with van der Waals surface area (Å²) in [6, 6.07) is 0.452. The molecule has 0 N–H and O–H groups in total. The standard InChI is InChI=1S/C13H21N3OS/c1-4-11-12(9-17)18-13(14-11)16-7-5-6-15(3)8-10(16)2/h9-10H,4-8H2,1-3H3. The highest BCUT2D eigenvalue weighted by atomic mass is 32.1. The number of hydrogen-bond donors (Lipinski definition) is 0. The molecule has 0 aromatic carbocycles. The Balaban J connectivity index is 2.23. The van der Waals surface area contributed by atoms with Gasteiger partial charge in [0, 0.05) is 19.1 Å². The monoisotopic (exact) mass is 267 g/mol. The van der Waals surface area contributed by atoms with Crippen molar-refractivity contribution in [3.05, 3.63) is 10.6 Å². The third-order valence-corrected chi connectivity index (χ3v) is 4.51. The Morgan fingerprint density at radius 1 is 1.50 bits per heavy atom. The van der Waals surface area contributed by atoms with Crippen LogP contribution in [0.4, 0.5) is 5.13 Å². The van der Waals surface area contributed by atoms with Crippen molar-refractivity contribution < 1.29 is 4.79 Å². The lowest BCUT2D eigenvalue weighted by atomic mass is 10.3. The number of carbonyl (C=O) groups excluding carboxylic acids is 1. The van der Waals surface area contributed by atoms with Crippen LogP contribution in [0.15, 0.2) is 0 Å². The van der Waals surface area contributed by atoms with Gasteiger partial charge in [-0.2, -0.15) is 0 Å². The number of aromatic nitrogens is 1. The van der Waals surface area contributed by atoms with E-state index in [9.17, 15) is 4.79 Å². The molecule has 1 aromatic heterocycles. The zero-order chi connectivity index (χ0) is 13.1. The third-order valence-electron chi connectivity index (χ3n) is 3.45. The smallest absolute Gasteiger partial charge is 0.186 e. The zero-order valence-corrected chi connectivity index (χ0v) is 12.2. The van der Waals surface area contributed by atoms with Crippen molar-refractivity contribution in [2.45, 2.75) is 32.7 Å². The van der Waals surface area contributed by atoms with Gasteiger partial charge in [-0.15, -0.1) is 0 Å². The van der Waals surface area contributed by atoms with Crippen LogP contribution in [-0.2, 0) is 6.42 Å². The van der Waals surface area contributed by atoms with Gasteiger partial charge in [0.1, 0.15) is 0 Å². The van der Waals surface area contributed by atoms with Crippen LogP contribution in [0.2, 0.25) is 0 Å². The van der Waals surface area contributed by atoms with Gasteiger partial charge in [0.05, 0.1) is 10.6 Å². The number of nitrogens with zero attached hydrogens (tertiary/aromatic N) is 3. The molecule has 1 aliphatic heterocycles. The van der Waals surface area contributed by atoms with E-state index in [1.54, 1.807) is 0 Å². The maximum absolute atomic E-state index is 11.0. The number of hydrogen-bond acceptors (Lipinski definition) is 5. The molecule has 1 aliphatic rings. The summed E-state index contributed by atoms with van der Waals surface area (Å²) in [6.45, 7) is 7.49. The summed E-state index contributed by atoms with van der Waals surface area (Å²) >= 11 is 1.53. The van der Waals surface area contributed by atoms with Crippen LogP contribution in [0.3, 0.4) is 0 Å². The summed E-state index contributed by atoms with van der Waals surface area (Å²) in [7, 11) is 2.16. The average Bonchev–Trinajstić information content (AvgIpc) is 2.69. The van der Waals surface area contributed by atoms with Crippen LogP contribution in [0, 0.1) is 0 Å². The lowest BCUT2D eigenvalue weighted by Crippen LogP contribution is -2.37. The van der Waals surface area contributed by atoms with Crippen LogP contribution in [0.25, 0.3) is 0 Å². The topological polar surface area (TPSA) is 36.4 Å². The Hall–Kier alpha value is -0.940. The minimum atomic E-state index is 0.452. The van der Waals surface area contributed by atoms with Crippen molar-refractivity contribution in [3.8, 4) is 0 Å². The Morgan fingerprint density at radius 3 is 2.89 bits per heavy atom. The second-order valence-corrected chi connectivity index (χ2v) is 5.95. The zero-order valence-electron chi connectivity index (χ0n) is 11.3. The molecule has 2 heterocycles. The van der Waals surface area contributed by atoms with Gasteiger partial charge in [-0.25, -0.2) is 4.98 Å². The van der Waals surface area contributed by atoms with E-state index in [-0.39, 0.29) is 0 Å². The van der Waals surface area contributed by atoms with E-state index in [0.29, 0.717) is 6.04 Å². The van der Waals surface area contributed by atoms with Crippen LogP contribution in [0.5, 0.6) is 0 Å². The molecule has 4 nitrogen and oxygen atoms in total. The van der Waals surface area contributed by atoms with Crippen molar-refractivity contribution in [1.29, 1.82) is 0 Å². The number of aryl methyl sites for hydroxylation is 1. The lowest BCUT2D eigenvalue weighted by molar-refractivity contribution is 0.112. The Kier molecular flexibility index (Phi) is 4.35. The molecule has 0 radical (unpaired) electrons. The molecule has 5 heteroatoms. The molecule has 0 amide bonds. The van der Waals surface area contributed by atoms with Gasteiger partial charge in [0.15, 0.2) is 11.4 Å². The summed E-state index contributed by atoms with van der Waals surface area (Å²) in [5, 5.41) is 1.01. The molecule has 0 bridgehead atoms. The molecule has 0 spiro atoms. The Bertz CT molecular complexity index is 418. The normalized spacial score (nSPS) is 21.9. The molecule has 2 rings (SSSR count). The van der Waals surface area contributed by atoms with Crippen molar-refractivity contribution in [1.82, 2.24) is 9.88 Å². The number of rotatable bonds is 3. The minimum absolute atomic E-state index is 0.452. The second-order valence-electron chi connectivity index (χ2n) is 4.94. The van der Waals surface area contributed by atoms with Crippen molar-refractivity contribution >= 4 is 22.8 Å². The first kappa shape index (κ1) is 13.5. The largest absolute Gasteiger partial charge is 0.344 e. The van der Waals surface area contributed by atoms with Gasteiger partial charge in [0.2, 0.25) is 0 Å². The summed E-state index contributed by atoms with van der Waals surface area (Å²) in [6.07, 6.45) is 2.92. The molecule has 1 fully saturated rings. The molecule has 1 aromatic rings. The first-order valence-electron chi connectivity index (χ1n) is 6.55. The van der Waals surface area contributed by atoms with Gasteiger partial charge < -0.3 is 9.80 Å². The summed E-state index contributed by atoms with van der Waals surface area (Å²) in [4.78, 5) is 21.2. The Morgan fingerprint density at radius 2 is 2.28 bits per heavy atom. The minimum Gasteiger partial charge on any atom is -0.344 e. The van der Waals surface area contributed by atoms with Crippen LogP contribution in [-0.4, -0.2) is 48.9 Å². The SMILES string of the molecule is CCc1nc(N2CCCN(C)CC2C)sc1C=O. The van der Waals surface area contributed by atoms with E-state index >= 15 is 0 Å². The maximum atomic E-state index is 11.0. The number of aldehydes is 1. The lowest BCUT2D eigenvalue weighted by Gasteiger charge is -2.27. The molecule has 100 valence electrons. The third kappa shape index (κ3) is 2.72. The Labute approximate surface area is 113 Å². The molecular weight excluding hydrogens is 246 g/mol. The number of thiazole rings is 1. The molecule has 1 atom stereocenters. The van der Waals surface area contributed by atoms with E-state index in [4.69, 9.17) is 0 Å². The van der Waals surface area contributed by atoms with Crippen LogP contribution < -0.4 is 4.90 Å². The average molecular weight is 267 g/mol. The maximum Gasteiger partial charge on any atom is 0.186 e. The van der Waals surface area contributed by atoms with E-state index in [1.807, 2.05) is 6.92 Å². The predicted molar refractivity (Wildman–Crippen MR) is 75.8 cm³/mol. The highest BCUT2D eigenvalue weighted by Crippen LogP contribution is 2.28. The van der Waals surface area contributed by atoms with Gasteiger partial charge in [-0.05, 0) is 33.4 Å². The molecular formula is C13H21N3OS. The number of anilines is 1. The van der Waals surface area contributed by atoms with E-state index in [1.165, 1.54) is 11.3 Å². The fourth-order valence-electron chi connectivity index (χ4n) is 2.48. The van der Waals surface area contributed by atoms with Crippen molar-refractivity contribution in [3.63, 3.8) is 0 Å². The molecule has 1 unspecified atom stereocenters. The van der Waals surface area contributed by atoms with Gasteiger partial charge in [-0.3, -0.25) is 4.79 Å². The summed E-state index contributed by atoms with van der Waals surface area (Å²) in [5.74, 6) is 0. The van der Waals surface area contributed by atoms with Gasteiger partial charge in [-0.1, -0.05) is 18.3 Å². The second kappa shape index (κ2) is 5.80. The fraction of sp³-hybridized carbons (Fsp3) is 0.692. The fourth-order valence-corrected chi connectivity index (χ4v) is 3.57. The van der Waals surface area contributed by atoms with Crippen molar-refractivity contribution in [2.24, 2.45) is 0 Å². The highest BCUT2D eigenvalue weighted by Gasteiger charge is 2.23. The van der Waals surface area contributed by atoms with Gasteiger partial charge in [0.25, 0.3) is 0 Å². The summed E-state index contributed by atoms with van der Waals surface area (Å²) < 4.78 is 0. The van der Waals surface area contributed by atoms with E-state index < -0.39 is 0 Å². The van der Waals surface area contributed by atoms with E-state index in [2.05, 4.69) is 28.8 Å². The van der Waals surface area contributed by atoms with Crippen molar-refractivity contribution in [2.75, 3.05) is 31.6 Å². The first-order valence-corrected chi connectivity index (χ1v) is 7.37. The van der Waals surface area contributed by atoms with Gasteiger partial charge >= 0.3 is 0 Å². The van der Waals surface area contributed by atoms with E-state index in [0.717, 1.165) is 54.5 Å². The predicted octanol–water partition coefficient (Wildman–Crippen LogP) is 2.05. The van der Waals surface area contributed by atoms with Crippen LogP contribution >= 0.6 is 11.3 Å². The molecule has 0 saturated carbocycles. The quantitative estimate of drug-likeness (QED) is 0.785. The first-order chi connectivity index (χ1) is 8.65. The number of carbonyl (C=O) groups is 1. The molecule has 0 aliphatic carbocycles. The van der Waals surface area contributed by atoms with Crippen LogP contribution in [0.1, 0.15) is 35.6 Å². The molecule has 1 saturated heterocycles. The number of likely N-dealkylation sites (N-methyl/N-ethyl adjacent to an activating group) is 1. The highest BCUT2D eigenvalue weighted by molar-refractivity contribution is 7.17.